The summed E-state index contributed by atoms with van der Waals surface area (Å²) in [6.45, 7) is 4.01. The zero-order valence-corrected chi connectivity index (χ0v) is 10.8. The summed E-state index contributed by atoms with van der Waals surface area (Å²) >= 11 is 6.23. The third kappa shape index (κ3) is 1.70. The van der Waals surface area contributed by atoms with E-state index in [-0.39, 0.29) is 11.5 Å². The van der Waals surface area contributed by atoms with Gasteiger partial charge in [0.05, 0.1) is 6.10 Å². The van der Waals surface area contributed by atoms with Crippen molar-refractivity contribution in [2.75, 3.05) is 13.1 Å². The zero-order valence-electron chi connectivity index (χ0n) is 10.0. The molecule has 1 unspecified atom stereocenters. The fraction of sp³-hybridized carbons (Fsp3) is 0.571. The average molecular weight is 252 g/mol. The fourth-order valence-corrected chi connectivity index (χ4v) is 3.73. The Morgan fingerprint density at radius 2 is 2.29 bits per heavy atom. The normalized spacial score (nSPS) is 36.2. The van der Waals surface area contributed by atoms with E-state index in [2.05, 4.69) is 23.5 Å². The Balaban J connectivity index is 2.04. The monoisotopic (exact) mass is 251 g/mol. The van der Waals surface area contributed by atoms with Crippen molar-refractivity contribution in [3.05, 3.63) is 34.3 Å². The first-order chi connectivity index (χ1) is 8.12. The van der Waals surface area contributed by atoms with Gasteiger partial charge in [0.1, 0.15) is 0 Å². The van der Waals surface area contributed by atoms with E-state index in [0.717, 1.165) is 36.5 Å². The van der Waals surface area contributed by atoms with Crippen LogP contribution in [0.5, 0.6) is 0 Å². The highest BCUT2D eigenvalue weighted by atomic mass is 35.5. The molecule has 1 aromatic carbocycles. The molecule has 0 radical (unpaired) electrons. The summed E-state index contributed by atoms with van der Waals surface area (Å²) in [5.74, 6) is 0.552. The van der Waals surface area contributed by atoms with E-state index in [1.165, 1.54) is 5.56 Å². The van der Waals surface area contributed by atoms with Gasteiger partial charge in [-0.1, -0.05) is 23.7 Å². The molecular weight excluding hydrogens is 234 g/mol. The fourth-order valence-electron chi connectivity index (χ4n) is 3.55. The summed E-state index contributed by atoms with van der Waals surface area (Å²) in [5, 5.41) is 14.2. The summed E-state index contributed by atoms with van der Waals surface area (Å²) in [6.07, 6.45) is 1.63. The Morgan fingerprint density at radius 3 is 3.06 bits per heavy atom. The molecule has 2 aliphatic rings. The number of fused-ring (bicyclic) bond motifs is 1. The standard InChI is InChI=1S/C14H18ClNO/c1-9-2-3-10(5-13(9)15)14-6-12(17)4-11(14)7-16-8-14/h2-3,5,11-12,16-17H,4,6-8H2,1H3/t11-,12?,14+/m1/s1. The molecule has 1 aromatic rings. The van der Waals surface area contributed by atoms with Crippen molar-refractivity contribution < 1.29 is 5.11 Å². The van der Waals surface area contributed by atoms with Crippen LogP contribution in [0.3, 0.4) is 0 Å². The van der Waals surface area contributed by atoms with Crippen molar-refractivity contribution in [2.45, 2.75) is 31.3 Å². The van der Waals surface area contributed by atoms with Crippen molar-refractivity contribution in [1.29, 1.82) is 0 Å². The van der Waals surface area contributed by atoms with E-state index in [1.807, 2.05) is 6.92 Å². The zero-order chi connectivity index (χ0) is 12.0. The highest BCUT2D eigenvalue weighted by Crippen LogP contribution is 2.48. The van der Waals surface area contributed by atoms with Crippen LogP contribution in [-0.2, 0) is 5.41 Å². The predicted molar refractivity (Wildman–Crippen MR) is 69.5 cm³/mol. The van der Waals surface area contributed by atoms with E-state index in [1.54, 1.807) is 0 Å². The number of hydrogen-bond acceptors (Lipinski definition) is 2. The first-order valence-electron chi connectivity index (χ1n) is 6.27. The van der Waals surface area contributed by atoms with Crippen LogP contribution < -0.4 is 5.32 Å². The molecule has 3 atom stereocenters. The van der Waals surface area contributed by atoms with Crippen molar-refractivity contribution >= 4 is 11.6 Å². The van der Waals surface area contributed by atoms with Gasteiger partial charge >= 0.3 is 0 Å². The van der Waals surface area contributed by atoms with Crippen LogP contribution in [0, 0.1) is 12.8 Å². The highest BCUT2D eigenvalue weighted by molar-refractivity contribution is 6.31. The number of aliphatic hydroxyl groups excluding tert-OH is 1. The maximum atomic E-state index is 9.92. The second-order valence-electron chi connectivity index (χ2n) is 5.54. The first kappa shape index (κ1) is 11.5. The van der Waals surface area contributed by atoms with E-state index in [4.69, 9.17) is 11.6 Å². The summed E-state index contributed by atoms with van der Waals surface area (Å²) < 4.78 is 0. The predicted octanol–water partition coefficient (Wildman–Crippen LogP) is 2.26. The van der Waals surface area contributed by atoms with Crippen LogP contribution in [0.25, 0.3) is 0 Å². The molecule has 0 amide bonds. The number of aliphatic hydroxyl groups is 1. The number of halogens is 1. The van der Waals surface area contributed by atoms with Crippen LogP contribution >= 0.6 is 11.6 Å². The Bertz CT molecular complexity index is 448. The van der Waals surface area contributed by atoms with Crippen molar-refractivity contribution in [1.82, 2.24) is 5.32 Å². The second kappa shape index (κ2) is 3.98. The van der Waals surface area contributed by atoms with Crippen molar-refractivity contribution in [3.63, 3.8) is 0 Å². The number of benzene rings is 1. The molecule has 2 nitrogen and oxygen atoms in total. The quantitative estimate of drug-likeness (QED) is 0.803. The topological polar surface area (TPSA) is 32.3 Å². The SMILES string of the molecule is Cc1ccc([C@]23CNC[C@H]2CC(O)C3)cc1Cl. The van der Waals surface area contributed by atoms with E-state index < -0.39 is 0 Å². The van der Waals surface area contributed by atoms with E-state index in [9.17, 15) is 5.11 Å². The summed E-state index contributed by atoms with van der Waals surface area (Å²) in [7, 11) is 0. The molecule has 1 saturated heterocycles. The minimum absolute atomic E-state index is 0.108. The number of rotatable bonds is 1. The van der Waals surface area contributed by atoms with Gasteiger partial charge in [0.15, 0.2) is 0 Å². The van der Waals surface area contributed by atoms with Gasteiger partial charge in [-0.25, -0.2) is 0 Å². The van der Waals surface area contributed by atoms with Crippen LogP contribution in [-0.4, -0.2) is 24.3 Å². The van der Waals surface area contributed by atoms with Crippen molar-refractivity contribution in [2.24, 2.45) is 5.92 Å². The molecule has 1 aliphatic heterocycles. The maximum absolute atomic E-state index is 9.92. The smallest absolute Gasteiger partial charge is 0.0552 e. The summed E-state index contributed by atoms with van der Waals surface area (Å²) in [4.78, 5) is 0. The van der Waals surface area contributed by atoms with Gasteiger partial charge in [0.2, 0.25) is 0 Å². The minimum Gasteiger partial charge on any atom is -0.393 e. The molecule has 2 N–H and O–H groups in total. The van der Waals surface area contributed by atoms with Gasteiger partial charge in [0, 0.05) is 17.0 Å². The minimum atomic E-state index is -0.151. The van der Waals surface area contributed by atoms with E-state index in [0.29, 0.717) is 5.92 Å². The van der Waals surface area contributed by atoms with Gasteiger partial charge in [-0.3, -0.25) is 0 Å². The lowest BCUT2D eigenvalue weighted by atomic mass is 9.74. The third-order valence-corrected chi connectivity index (χ3v) is 4.92. The molecule has 0 spiro atoms. The third-order valence-electron chi connectivity index (χ3n) is 4.52. The first-order valence-corrected chi connectivity index (χ1v) is 6.65. The largest absolute Gasteiger partial charge is 0.393 e. The molecule has 92 valence electrons. The molecule has 17 heavy (non-hydrogen) atoms. The van der Waals surface area contributed by atoms with Crippen LogP contribution in [0.15, 0.2) is 18.2 Å². The molecular formula is C14H18ClNO. The van der Waals surface area contributed by atoms with Crippen LogP contribution in [0.2, 0.25) is 5.02 Å². The van der Waals surface area contributed by atoms with Crippen LogP contribution in [0.1, 0.15) is 24.0 Å². The maximum Gasteiger partial charge on any atom is 0.0552 e. The molecule has 3 heteroatoms. The Kier molecular flexibility index (Phi) is 2.69. The van der Waals surface area contributed by atoms with Crippen LogP contribution in [0.4, 0.5) is 0 Å². The van der Waals surface area contributed by atoms with Gasteiger partial charge < -0.3 is 10.4 Å². The Morgan fingerprint density at radius 1 is 1.47 bits per heavy atom. The lowest BCUT2D eigenvalue weighted by Gasteiger charge is -2.29. The Labute approximate surface area is 107 Å². The van der Waals surface area contributed by atoms with Gasteiger partial charge in [-0.2, -0.15) is 0 Å². The van der Waals surface area contributed by atoms with Crippen molar-refractivity contribution in [3.8, 4) is 0 Å². The Hall–Kier alpha value is -0.570. The lowest BCUT2D eigenvalue weighted by molar-refractivity contribution is 0.170. The van der Waals surface area contributed by atoms with Gasteiger partial charge in [0.25, 0.3) is 0 Å². The molecule has 0 aromatic heterocycles. The number of nitrogens with one attached hydrogen (secondary N) is 1. The lowest BCUT2D eigenvalue weighted by Crippen LogP contribution is -2.31. The summed E-state index contributed by atoms with van der Waals surface area (Å²) in [6, 6.07) is 6.36. The number of aryl methyl sites for hydroxylation is 1. The average Bonchev–Trinajstić information content (AvgIpc) is 2.78. The molecule has 1 aliphatic carbocycles. The molecule has 3 rings (SSSR count). The van der Waals surface area contributed by atoms with Gasteiger partial charge in [-0.15, -0.1) is 0 Å². The summed E-state index contributed by atoms with van der Waals surface area (Å²) in [5.41, 5.74) is 2.52. The molecule has 2 fully saturated rings. The number of hydrogen-bond donors (Lipinski definition) is 2. The molecule has 1 heterocycles. The highest BCUT2D eigenvalue weighted by Gasteiger charge is 2.50. The molecule has 0 bridgehead atoms. The molecule has 1 saturated carbocycles. The second-order valence-corrected chi connectivity index (χ2v) is 5.95. The van der Waals surface area contributed by atoms with Gasteiger partial charge in [-0.05, 0) is 49.4 Å². The van der Waals surface area contributed by atoms with E-state index >= 15 is 0 Å².